The Labute approximate surface area is 225 Å². The van der Waals surface area contributed by atoms with E-state index in [0.29, 0.717) is 20.3 Å². The maximum absolute atomic E-state index is 13.0. The molecule has 36 heavy (non-hydrogen) atoms. The highest BCUT2D eigenvalue weighted by Gasteiger charge is 2.21. The maximum atomic E-state index is 13.0. The molecule has 0 saturated heterocycles. The van der Waals surface area contributed by atoms with Gasteiger partial charge in [0.1, 0.15) is 0 Å². The molecule has 0 unspecified atom stereocenters. The summed E-state index contributed by atoms with van der Waals surface area (Å²) >= 11 is 6.59. The third-order valence-electron chi connectivity index (χ3n) is 4.52. The number of halogens is 2. The first-order valence-electron chi connectivity index (χ1n) is 10.1. The van der Waals surface area contributed by atoms with Crippen molar-refractivity contribution in [2.45, 2.75) is 23.6 Å². The Hall–Kier alpha value is -2.94. The van der Waals surface area contributed by atoms with Gasteiger partial charge in [0, 0.05) is 34.2 Å². The van der Waals surface area contributed by atoms with Gasteiger partial charge in [-0.2, -0.15) is 0 Å². The molecular weight excluding hydrogens is 640 g/mol. The van der Waals surface area contributed by atoms with Crippen LogP contribution < -0.4 is 20.1 Å². The number of hydrogen-bond acceptors (Lipinski definition) is 6. The van der Waals surface area contributed by atoms with Gasteiger partial charge >= 0.3 is 0 Å². The van der Waals surface area contributed by atoms with E-state index < -0.39 is 20.0 Å². The van der Waals surface area contributed by atoms with Gasteiger partial charge < -0.3 is 10.6 Å². The monoisotopic (exact) mass is 658 g/mol. The van der Waals surface area contributed by atoms with Crippen LogP contribution in [0.3, 0.4) is 0 Å². The molecule has 4 N–H and O–H groups in total. The van der Waals surface area contributed by atoms with E-state index in [1.54, 1.807) is 0 Å². The fourth-order valence-corrected chi connectivity index (χ4v) is 5.79. The predicted molar refractivity (Wildman–Crippen MR) is 145 cm³/mol. The number of sulfonamides is 2. The Morgan fingerprint density at radius 3 is 1.19 bits per heavy atom. The lowest BCUT2D eigenvalue weighted by Gasteiger charge is -2.16. The fourth-order valence-electron chi connectivity index (χ4n) is 2.96. The van der Waals surface area contributed by atoms with E-state index in [1.165, 1.54) is 74.5 Å². The maximum Gasteiger partial charge on any atom is 0.261 e. The number of rotatable bonds is 8. The fraction of sp³-hybridized carbons (Fsp3) is 0.0909. The Kier molecular flexibility index (Phi) is 8.44. The number of anilines is 4. The molecule has 3 rings (SSSR count). The zero-order valence-electron chi connectivity index (χ0n) is 18.8. The number of hydrogen-bond donors (Lipinski definition) is 4. The summed E-state index contributed by atoms with van der Waals surface area (Å²) in [5, 5.41) is 5.09. The van der Waals surface area contributed by atoms with E-state index in [-0.39, 0.29) is 33.0 Å². The summed E-state index contributed by atoms with van der Waals surface area (Å²) in [5.74, 6) is -0.602. The molecule has 0 radical (unpaired) electrons. The first-order valence-corrected chi connectivity index (χ1v) is 14.6. The lowest BCUT2D eigenvalue weighted by atomic mass is 10.3. The van der Waals surface area contributed by atoms with Crippen LogP contribution in [-0.4, -0.2) is 28.6 Å². The van der Waals surface area contributed by atoms with E-state index in [4.69, 9.17) is 0 Å². The minimum Gasteiger partial charge on any atom is -0.326 e. The number of carbonyl (C=O) groups excluding carboxylic acids is 2. The normalized spacial score (nSPS) is 11.4. The molecule has 14 heteroatoms. The predicted octanol–water partition coefficient (Wildman–Crippen LogP) is 4.73. The summed E-state index contributed by atoms with van der Waals surface area (Å²) in [6, 6.07) is 13.8. The molecule has 0 heterocycles. The molecule has 0 aliphatic rings. The van der Waals surface area contributed by atoms with Crippen molar-refractivity contribution < 1.29 is 26.4 Å². The van der Waals surface area contributed by atoms with Gasteiger partial charge in [0.2, 0.25) is 11.8 Å². The van der Waals surface area contributed by atoms with Crippen molar-refractivity contribution in [1.82, 2.24) is 0 Å². The highest BCUT2D eigenvalue weighted by atomic mass is 79.9. The van der Waals surface area contributed by atoms with E-state index in [9.17, 15) is 26.4 Å². The number of carbonyl (C=O) groups is 2. The number of amides is 2. The second-order valence-corrected chi connectivity index (χ2v) is 12.5. The molecule has 0 atom stereocenters. The van der Waals surface area contributed by atoms with Crippen molar-refractivity contribution in [3.8, 4) is 0 Å². The molecule has 3 aromatic carbocycles. The molecule has 10 nitrogen and oxygen atoms in total. The van der Waals surface area contributed by atoms with Gasteiger partial charge in [-0.05, 0) is 92.5 Å². The Morgan fingerprint density at radius 1 is 0.611 bits per heavy atom. The van der Waals surface area contributed by atoms with Gasteiger partial charge in [-0.25, -0.2) is 16.8 Å². The van der Waals surface area contributed by atoms with Crippen molar-refractivity contribution in [2.75, 3.05) is 20.1 Å². The second kappa shape index (κ2) is 11.0. The Morgan fingerprint density at radius 2 is 0.917 bits per heavy atom. The van der Waals surface area contributed by atoms with Gasteiger partial charge in [0.15, 0.2) is 0 Å². The van der Waals surface area contributed by atoms with Crippen LogP contribution in [0.2, 0.25) is 0 Å². The Balaban J connectivity index is 1.92. The van der Waals surface area contributed by atoms with Crippen molar-refractivity contribution in [3.63, 3.8) is 0 Å². The van der Waals surface area contributed by atoms with E-state index >= 15 is 0 Å². The largest absolute Gasteiger partial charge is 0.326 e. The minimum atomic E-state index is -4.12. The van der Waals surface area contributed by atoms with E-state index in [0.717, 1.165) is 0 Å². The van der Waals surface area contributed by atoms with Gasteiger partial charge in [-0.3, -0.25) is 19.0 Å². The second-order valence-electron chi connectivity index (χ2n) is 7.43. The van der Waals surface area contributed by atoms with Crippen LogP contribution in [0.25, 0.3) is 0 Å². The highest BCUT2D eigenvalue weighted by Crippen LogP contribution is 2.35. The molecule has 2 amide bonds. The summed E-state index contributed by atoms with van der Waals surface area (Å²) in [7, 11) is -8.24. The molecule has 0 aliphatic carbocycles. The van der Waals surface area contributed by atoms with Gasteiger partial charge in [0.25, 0.3) is 20.0 Å². The molecular formula is C22H20Br2N4O6S2. The smallest absolute Gasteiger partial charge is 0.261 e. The standard InChI is InChI=1S/C22H20Br2N4O6S2/c1-13(29)25-15-3-7-17(8-4-15)35(31,32)27-21-11-19(23)20(24)12-22(21)28-36(33,34)18-9-5-16(6-10-18)26-14(2)30/h3-12,27-28H,1-2H3,(H,25,29)(H,26,30). The van der Waals surface area contributed by atoms with Gasteiger partial charge in [0.05, 0.1) is 21.2 Å². The molecule has 0 bridgehead atoms. The lowest BCUT2D eigenvalue weighted by molar-refractivity contribution is -0.115. The number of benzene rings is 3. The van der Waals surface area contributed by atoms with Crippen LogP contribution >= 0.6 is 31.9 Å². The summed E-state index contributed by atoms with van der Waals surface area (Å²) < 4.78 is 57.8. The third kappa shape index (κ3) is 7.06. The average Bonchev–Trinajstić information content (AvgIpc) is 2.77. The molecule has 0 saturated carbocycles. The Bertz CT molecular complexity index is 1410. The summed E-state index contributed by atoms with van der Waals surface area (Å²) in [4.78, 5) is 22.2. The molecule has 0 aliphatic heterocycles. The van der Waals surface area contributed by atoms with Crippen LogP contribution in [0, 0.1) is 0 Å². The van der Waals surface area contributed by atoms with Crippen LogP contribution in [0.15, 0.2) is 79.4 Å². The topological polar surface area (TPSA) is 151 Å². The number of nitrogens with one attached hydrogen (secondary N) is 4. The molecule has 190 valence electrons. The van der Waals surface area contributed by atoms with Gasteiger partial charge in [-0.15, -0.1) is 0 Å². The molecule has 0 spiro atoms. The minimum absolute atomic E-state index is 0.0329. The summed E-state index contributed by atoms with van der Waals surface area (Å²) in [6.07, 6.45) is 0. The first-order chi connectivity index (χ1) is 16.8. The van der Waals surface area contributed by atoms with Crippen molar-refractivity contribution in [3.05, 3.63) is 69.6 Å². The summed E-state index contributed by atoms with van der Waals surface area (Å²) in [6.45, 7) is 2.66. The molecule has 0 fully saturated rings. The molecule has 3 aromatic rings. The average molecular weight is 660 g/mol. The SMILES string of the molecule is CC(=O)Nc1ccc(S(=O)(=O)Nc2cc(Br)c(Br)cc2NS(=O)(=O)c2ccc(NC(C)=O)cc2)cc1. The molecule has 0 aromatic heterocycles. The quantitative estimate of drug-likeness (QED) is 0.275. The van der Waals surface area contributed by atoms with Crippen LogP contribution in [0.4, 0.5) is 22.7 Å². The van der Waals surface area contributed by atoms with Crippen molar-refractivity contribution >= 4 is 86.5 Å². The summed E-state index contributed by atoms with van der Waals surface area (Å²) in [5.41, 5.74) is 0.778. The van der Waals surface area contributed by atoms with Crippen LogP contribution in [-0.2, 0) is 29.6 Å². The van der Waals surface area contributed by atoms with Crippen molar-refractivity contribution in [1.29, 1.82) is 0 Å². The van der Waals surface area contributed by atoms with Crippen LogP contribution in [0.1, 0.15) is 13.8 Å². The third-order valence-corrected chi connectivity index (χ3v) is 9.13. The van der Waals surface area contributed by atoms with Crippen molar-refractivity contribution in [2.24, 2.45) is 0 Å². The zero-order chi connectivity index (χ0) is 26.7. The highest BCUT2D eigenvalue weighted by molar-refractivity contribution is 9.13. The van der Waals surface area contributed by atoms with Crippen LogP contribution in [0.5, 0.6) is 0 Å². The lowest BCUT2D eigenvalue weighted by Crippen LogP contribution is -2.18. The van der Waals surface area contributed by atoms with E-state index in [1.807, 2.05) is 0 Å². The van der Waals surface area contributed by atoms with Gasteiger partial charge in [-0.1, -0.05) is 0 Å². The zero-order valence-corrected chi connectivity index (χ0v) is 23.6. The van der Waals surface area contributed by atoms with E-state index in [2.05, 4.69) is 51.9 Å². The first kappa shape index (κ1) is 27.6.